The molecule has 0 radical (unpaired) electrons. The summed E-state index contributed by atoms with van der Waals surface area (Å²) < 4.78 is 0. The summed E-state index contributed by atoms with van der Waals surface area (Å²) in [5.41, 5.74) is 5.13. The van der Waals surface area contributed by atoms with Gasteiger partial charge in [0.25, 0.3) is 0 Å². The molecule has 1 aromatic carbocycles. The Labute approximate surface area is 107 Å². The fourth-order valence-electron chi connectivity index (χ4n) is 4.07. The van der Waals surface area contributed by atoms with Gasteiger partial charge in [0.1, 0.15) is 0 Å². The van der Waals surface area contributed by atoms with Gasteiger partial charge in [-0.05, 0) is 30.4 Å². The minimum absolute atomic E-state index is 0.212. The van der Waals surface area contributed by atoms with E-state index in [2.05, 4.69) is 32.9 Å². The highest BCUT2D eigenvalue weighted by Gasteiger charge is 2.61. The van der Waals surface area contributed by atoms with Crippen LogP contribution in [0.1, 0.15) is 50.9 Å². The van der Waals surface area contributed by atoms with Gasteiger partial charge in [-0.1, -0.05) is 32.9 Å². The number of benzene rings is 1. The van der Waals surface area contributed by atoms with Crippen molar-refractivity contribution >= 4 is 11.0 Å². The van der Waals surface area contributed by atoms with E-state index in [1.54, 1.807) is 0 Å². The summed E-state index contributed by atoms with van der Waals surface area (Å²) in [4.78, 5) is 9.86. The zero-order valence-corrected chi connectivity index (χ0v) is 11.2. The summed E-state index contributed by atoms with van der Waals surface area (Å²) in [7, 11) is 0. The lowest BCUT2D eigenvalue weighted by Crippen LogP contribution is -2.31. The van der Waals surface area contributed by atoms with Gasteiger partial charge in [0.2, 0.25) is 0 Å². The van der Waals surface area contributed by atoms with Crippen molar-refractivity contribution in [2.24, 2.45) is 5.41 Å². The molecule has 18 heavy (non-hydrogen) atoms. The van der Waals surface area contributed by atoms with Crippen LogP contribution in [0.3, 0.4) is 0 Å². The zero-order valence-electron chi connectivity index (χ0n) is 11.2. The van der Waals surface area contributed by atoms with Gasteiger partial charge >= 0.3 is 0 Å². The molecule has 4 rings (SSSR count). The molecular formula is C16H18N2. The van der Waals surface area contributed by atoms with Gasteiger partial charge in [-0.2, -0.15) is 0 Å². The minimum atomic E-state index is 0.212. The molecule has 0 spiro atoms. The fraction of sp³-hybridized carbons (Fsp3) is 0.500. The van der Waals surface area contributed by atoms with Crippen LogP contribution in [0.2, 0.25) is 0 Å². The Hall–Kier alpha value is -1.44. The number of aromatic nitrogens is 2. The molecule has 2 atom stereocenters. The van der Waals surface area contributed by atoms with Crippen molar-refractivity contribution < 1.29 is 0 Å². The third-order valence-electron chi connectivity index (χ3n) is 5.68. The van der Waals surface area contributed by atoms with Crippen LogP contribution < -0.4 is 0 Å². The van der Waals surface area contributed by atoms with Crippen molar-refractivity contribution in [2.75, 3.05) is 0 Å². The highest BCUT2D eigenvalue weighted by molar-refractivity contribution is 5.75. The second-order valence-corrected chi connectivity index (χ2v) is 6.59. The molecular weight excluding hydrogens is 220 g/mol. The molecule has 0 amide bonds. The lowest BCUT2D eigenvalue weighted by atomic mass is 9.70. The highest BCUT2D eigenvalue weighted by atomic mass is 14.9. The van der Waals surface area contributed by atoms with E-state index in [1.807, 2.05) is 12.1 Å². The molecule has 2 heteroatoms. The molecule has 1 saturated carbocycles. The largest absolute Gasteiger partial charge is 0.249 e. The molecule has 0 unspecified atom stereocenters. The first-order valence-corrected chi connectivity index (χ1v) is 6.81. The number of hydrogen-bond acceptors (Lipinski definition) is 2. The first kappa shape index (κ1) is 10.5. The molecule has 2 aromatic rings. The van der Waals surface area contributed by atoms with Crippen LogP contribution in [-0.2, 0) is 5.41 Å². The van der Waals surface area contributed by atoms with Crippen LogP contribution >= 0.6 is 0 Å². The summed E-state index contributed by atoms with van der Waals surface area (Å²) in [6.45, 7) is 7.15. The smallest absolute Gasteiger partial charge is 0.0890 e. The normalized spacial score (nSPS) is 31.8. The van der Waals surface area contributed by atoms with Crippen molar-refractivity contribution in [3.05, 3.63) is 35.7 Å². The highest BCUT2D eigenvalue weighted by Crippen LogP contribution is 2.66. The Morgan fingerprint density at radius 2 is 1.72 bits per heavy atom. The molecule has 0 aliphatic heterocycles. The summed E-state index contributed by atoms with van der Waals surface area (Å²) in [5, 5.41) is 0. The second-order valence-electron chi connectivity index (χ2n) is 6.59. The maximum Gasteiger partial charge on any atom is 0.0890 e. The Kier molecular flexibility index (Phi) is 1.71. The van der Waals surface area contributed by atoms with Gasteiger partial charge in [-0.15, -0.1) is 0 Å². The zero-order chi connectivity index (χ0) is 12.5. The summed E-state index contributed by atoms with van der Waals surface area (Å²) >= 11 is 0. The molecule has 0 saturated heterocycles. The van der Waals surface area contributed by atoms with Crippen molar-refractivity contribution in [2.45, 2.75) is 44.9 Å². The maximum absolute atomic E-state index is 4.94. The average molecular weight is 238 g/mol. The lowest BCUT2D eigenvalue weighted by Gasteiger charge is -2.34. The van der Waals surface area contributed by atoms with Crippen LogP contribution in [0, 0.1) is 5.41 Å². The van der Waals surface area contributed by atoms with E-state index in [1.165, 1.54) is 24.2 Å². The quantitative estimate of drug-likeness (QED) is 0.697. The SMILES string of the molecule is CC1(C)[C@H]2CC[C@]1(C)c1nc3ccccc3nc12. The molecule has 1 aromatic heterocycles. The van der Waals surface area contributed by atoms with Crippen molar-refractivity contribution in [1.29, 1.82) is 0 Å². The topological polar surface area (TPSA) is 25.8 Å². The summed E-state index contributed by atoms with van der Waals surface area (Å²) in [6, 6.07) is 8.24. The van der Waals surface area contributed by atoms with Crippen molar-refractivity contribution in [3.63, 3.8) is 0 Å². The average Bonchev–Trinajstić information content (AvgIpc) is 2.68. The number of para-hydroxylation sites is 2. The van der Waals surface area contributed by atoms with Crippen LogP contribution in [-0.4, -0.2) is 9.97 Å². The van der Waals surface area contributed by atoms with Gasteiger partial charge in [-0.25, -0.2) is 9.97 Å². The predicted molar refractivity (Wildman–Crippen MR) is 72.6 cm³/mol. The standard InChI is InChI=1S/C16H18N2/c1-15(2)10-8-9-16(15,3)14-13(10)17-11-6-4-5-7-12(11)18-14/h4-7,10H,8-9H2,1-3H3/t10-,16+/m0/s1. The number of hydrogen-bond donors (Lipinski definition) is 0. The number of nitrogens with zero attached hydrogens (tertiary/aromatic N) is 2. The van der Waals surface area contributed by atoms with Crippen LogP contribution in [0.15, 0.2) is 24.3 Å². The van der Waals surface area contributed by atoms with Gasteiger partial charge in [0, 0.05) is 11.3 Å². The Morgan fingerprint density at radius 3 is 2.44 bits per heavy atom. The Bertz CT molecular complexity index is 659. The van der Waals surface area contributed by atoms with E-state index in [4.69, 9.17) is 9.97 Å². The van der Waals surface area contributed by atoms with Gasteiger partial charge < -0.3 is 0 Å². The lowest BCUT2D eigenvalue weighted by molar-refractivity contribution is 0.227. The molecule has 1 fully saturated rings. The van der Waals surface area contributed by atoms with Crippen LogP contribution in [0.25, 0.3) is 11.0 Å². The number of fused-ring (bicyclic) bond motifs is 6. The molecule has 92 valence electrons. The second kappa shape index (κ2) is 2.93. The molecule has 1 heterocycles. The first-order valence-electron chi connectivity index (χ1n) is 6.81. The third kappa shape index (κ3) is 0.969. The van der Waals surface area contributed by atoms with E-state index >= 15 is 0 Å². The Balaban J connectivity index is 2.08. The van der Waals surface area contributed by atoms with E-state index < -0.39 is 0 Å². The van der Waals surface area contributed by atoms with Crippen LogP contribution in [0.5, 0.6) is 0 Å². The van der Waals surface area contributed by atoms with E-state index in [0.717, 1.165) is 11.0 Å². The third-order valence-corrected chi connectivity index (χ3v) is 5.68. The molecule has 2 aliphatic carbocycles. The Morgan fingerprint density at radius 1 is 1.06 bits per heavy atom. The van der Waals surface area contributed by atoms with Crippen molar-refractivity contribution in [1.82, 2.24) is 9.97 Å². The maximum atomic E-state index is 4.94. The molecule has 2 nitrogen and oxygen atoms in total. The van der Waals surface area contributed by atoms with Crippen LogP contribution in [0.4, 0.5) is 0 Å². The predicted octanol–water partition coefficient (Wildman–Crippen LogP) is 3.80. The summed E-state index contributed by atoms with van der Waals surface area (Å²) in [5.74, 6) is 0.592. The van der Waals surface area contributed by atoms with Gasteiger partial charge in [-0.3, -0.25) is 0 Å². The van der Waals surface area contributed by atoms with E-state index in [0.29, 0.717) is 11.3 Å². The van der Waals surface area contributed by atoms with Crippen molar-refractivity contribution in [3.8, 4) is 0 Å². The first-order chi connectivity index (χ1) is 8.54. The minimum Gasteiger partial charge on any atom is -0.249 e. The molecule has 0 N–H and O–H groups in total. The van der Waals surface area contributed by atoms with Gasteiger partial charge in [0.05, 0.1) is 22.4 Å². The summed E-state index contributed by atoms with van der Waals surface area (Å²) in [6.07, 6.45) is 2.52. The van der Waals surface area contributed by atoms with Gasteiger partial charge in [0.15, 0.2) is 0 Å². The fourth-order valence-corrected chi connectivity index (χ4v) is 4.07. The monoisotopic (exact) mass is 238 g/mol. The number of rotatable bonds is 0. The molecule has 2 aliphatic rings. The van der Waals surface area contributed by atoms with E-state index in [-0.39, 0.29) is 5.41 Å². The molecule has 2 bridgehead atoms. The van der Waals surface area contributed by atoms with E-state index in [9.17, 15) is 0 Å².